The van der Waals surface area contributed by atoms with E-state index in [-0.39, 0.29) is 16.0 Å². The lowest BCUT2D eigenvalue weighted by molar-refractivity contribution is 0.397. The molecular weight excluding hydrogens is 629 g/mol. The molecule has 0 fully saturated rings. The van der Waals surface area contributed by atoms with Crippen LogP contribution in [0.25, 0.3) is 46.0 Å². The van der Waals surface area contributed by atoms with E-state index in [9.17, 15) is 21.4 Å². The van der Waals surface area contributed by atoms with Gasteiger partial charge in [-0.1, -0.05) is 84.9 Å². The Morgan fingerprint density at radius 1 is 0.696 bits per heavy atom. The van der Waals surface area contributed by atoms with Crippen LogP contribution in [0.3, 0.4) is 0 Å². The van der Waals surface area contributed by atoms with Gasteiger partial charge in [-0.25, -0.2) is 0 Å². The largest absolute Gasteiger partial charge is 0.297 e. The third-order valence-corrected chi connectivity index (χ3v) is 8.98. The molecule has 0 saturated carbocycles. The number of hydrogen-bond donors (Lipinski definition) is 1. The highest BCUT2D eigenvalue weighted by Gasteiger charge is 2.20. The molecule has 46 heavy (non-hydrogen) atoms. The van der Waals surface area contributed by atoms with Gasteiger partial charge in [-0.05, 0) is 41.0 Å². The molecule has 2 aromatic heterocycles. The second kappa shape index (κ2) is 12.6. The molecule has 0 bridgehead atoms. The van der Waals surface area contributed by atoms with Crippen LogP contribution in [0.1, 0.15) is 16.7 Å². The van der Waals surface area contributed by atoms with E-state index in [0.717, 1.165) is 18.2 Å². The van der Waals surface area contributed by atoms with E-state index in [4.69, 9.17) is 4.18 Å². The monoisotopic (exact) mass is 654 g/mol. The topological polar surface area (TPSA) is 159 Å². The van der Waals surface area contributed by atoms with Crippen molar-refractivity contribution in [3.63, 3.8) is 0 Å². The molecule has 1 N–H and O–H groups in total. The zero-order valence-corrected chi connectivity index (χ0v) is 25.9. The first-order valence-corrected chi connectivity index (χ1v) is 16.8. The predicted octanol–water partition coefficient (Wildman–Crippen LogP) is 5.08. The van der Waals surface area contributed by atoms with Gasteiger partial charge in [0.1, 0.15) is 22.0 Å². The van der Waals surface area contributed by atoms with E-state index >= 15 is 0 Å². The molecular formula is C32H26N6O6S2. The van der Waals surface area contributed by atoms with E-state index in [2.05, 4.69) is 20.4 Å². The summed E-state index contributed by atoms with van der Waals surface area (Å²) in [7, 11) is -7.55. The zero-order valence-electron chi connectivity index (χ0n) is 24.2. The Balaban J connectivity index is 1.35. The van der Waals surface area contributed by atoms with Crippen LogP contribution in [-0.2, 0) is 30.2 Å². The highest BCUT2D eigenvalue weighted by molar-refractivity contribution is 7.86. The molecule has 14 heteroatoms. The van der Waals surface area contributed by atoms with Crippen molar-refractivity contribution in [3.8, 4) is 33.9 Å². The number of benzene rings is 4. The van der Waals surface area contributed by atoms with Gasteiger partial charge in [0.25, 0.3) is 20.2 Å². The number of hydrogen-bond acceptors (Lipinski definition) is 9. The molecule has 0 aliphatic rings. The highest BCUT2D eigenvalue weighted by Crippen LogP contribution is 2.26. The van der Waals surface area contributed by atoms with E-state index in [1.54, 1.807) is 48.8 Å². The van der Waals surface area contributed by atoms with Gasteiger partial charge in [-0.15, -0.1) is 10.2 Å². The van der Waals surface area contributed by atoms with Crippen molar-refractivity contribution in [1.29, 1.82) is 0 Å². The van der Waals surface area contributed by atoms with Crippen LogP contribution in [0.2, 0.25) is 0 Å². The Bertz CT molecular complexity index is 2270. The van der Waals surface area contributed by atoms with Crippen molar-refractivity contribution >= 4 is 32.4 Å². The third kappa shape index (κ3) is 6.84. The Hall–Kier alpha value is -5.28. The summed E-state index contributed by atoms with van der Waals surface area (Å²) in [4.78, 5) is 2.53. The minimum absolute atomic E-state index is 0.149. The fourth-order valence-corrected chi connectivity index (χ4v) is 6.24. The molecule has 0 aliphatic heterocycles. The molecule has 4 aromatic carbocycles. The summed E-state index contributed by atoms with van der Waals surface area (Å²) in [6, 6.07) is 28.3. The summed E-state index contributed by atoms with van der Waals surface area (Å²) in [5.41, 5.74) is 4.72. The average molecular weight is 655 g/mol. The number of rotatable bonds is 10. The van der Waals surface area contributed by atoms with E-state index < -0.39 is 26.0 Å². The smallest absolute Gasteiger partial charge is 0.285 e. The maximum Gasteiger partial charge on any atom is 0.297 e. The lowest BCUT2D eigenvalue weighted by atomic mass is 10.1. The van der Waals surface area contributed by atoms with Gasteiger partial charge < -0.3 is 0 Å². The van der Waals surface area contributed by atoms with Crippen molar-refractivity contribution in [2.75, 3.05) is 7.11 Å². The maximum atomic E-state index is 13.0. The molecule has 0 unspecified atom stereocenters. The van der Waals surface area contributed by atoms with Gasteiger partial charge >= 0.3 is 0 Å². The fraction of sp³-hybridized carbons (Fsp3) is 0.0625. The number of nitrogens with zero attached hydrogens (tertiary/aromatic N) is 6. The van der Waals surface area contributed by atoms with Crippen molar-refractivity contribution < 1.29 is 25.6 Å². The third-order valence-electron chi connectivity index (χ3n) is 6.98. The van der Waals surface area contributed by atoms with Crippen molar-refractivity contribution in [1.82, 2.24) is 30.0 Å². The fourth-order valence-electron chi connectivity index (χ4n) is 4.73. The van der Waals surface area contributed by atoms with Gasteiger partial charge in [0.05, 0.1) is 30.9 Å². The van der Waals surface area contributed by atoms with Crippen molar-refractivity contribution in [2.24, 2.45) is 0 Å². The molecule has 0 spiro atoms. The Kier molecular flexibility index (Phi) is 8.42. The highest BCUT2D eigenvalue weighted by atomic mass is 32.2. The van der Waals surface area contributed by atoms with Crippen LogP contribution in [0, 0.1) is 0 Å². The first-order valence-electron chi connectivity index (χ1n) is 13.8. The molecule has 2 heterocycles. The molecule has 0 amide bonds. The standard InChI is InChI=1S/C32H26N6O6S2/c1-44-46(42,43)32-19-29(38-34-21-31(36-38)25-10-6-3-7-11-25)17-15-26(32)13-12-23-14-16-28(18-27(23)22-45(39,40)41)37-33-20-30(35-37)24-8-4-2-5-9-24/h2-21H,22H2,1H3,(H,39,40,41)/b13-12+. The molecule has 0 aliphatic carbocycles. The summed E-state index contributed by atoms with van der Waals surface area (Å²) >= 11 is 0. The molecule has 12 nitrogen and oxygen atoms in total. The van der Waals surface area contributed by atoms with Gasteiger partial charge in [0.15, 0.2) is 0 Å². The predicted molar refractivity (Wildman–Crippen MR) is 172 cm³/mol. The molecule has 0 radical (unpaired) electrons. The van der Waals surface area contributed by atoms with Crippen molar-refractivity contribution in [2.45, 2.75) is 10.6 Å². The van der Waals surface area contributed by atoms with E-state index in [0.29, 0.717) is 28.3 Å². The van der Waals surface area contributed by atoms with Gasteiger partial charge in [0.2, 0.25) is 0 Å². The Morgan fingerprint density at radius 3 is 1.72 bits per heavy atom. The molecule has 232 valence electrons. The van der Waals surface area contributed by atoms with Crippen LogP contribution >= 0.6 is 0 Å². The summed E-state index contributed by atoms with van der Waals surface area (Å²) in [6.07, 6.45) is 6.24. The zero-order chi connectivity index (χ0) is 32.3. The Labute approximate surface area is 265 Å². The lowest BCUT2D eigenvalue weighted by Crippen LogP contribution is -2.08. The van der Waals surface area contributed by atoms with Gasteiger partial charge in [-0.3, -0.25) is 8.74 Å². The summed E-state index contributed by atoms with van der Waals surface area (Å²) in [6.45, 7) is 0. The van der Waals surface area contributed by atoms with Crippen LogP contribution in [0.4, 0.5) is 0 Å². The van der Waals surface area contributed by atoms with Crippen molar-refractivity contribution in [3.05, 3.63) is 126 Å². The first kappa shape index (κ1) is 30.7. The Morgan fingerprint density at radius 2 is 1.20 bits per heavy atom. The minimum Gasteiger partial charge on any atom is -0.285 e. The first-order chi connectivity index (χ1) is 22.1. The maximum absolute atomic E-state index is 13.0. The molecule has 6 rings (SSSR count). The van der Waals surface area contributed by atoms with Gasteiger partial charge in [0, 0.05) is 11.1 Å². The minimum atomic E-state index is -4.43. The summed E-state index contributed by atoms with van der Waals surface area (Å²) < 4.78 is 64.3. The van der Waals surface area contributed by atoms with Crippen LogP contribution in [0.15, 0.2) is 114 Å². The quantitative estimate of drug-likeness (QED) is 0.120. The summed E-state index contributed by atoms with van der Waals surface area (Å²) in [5, 5.41) is 17.6. The second-order valence-corrected chi connectivity index (χ2v) is 13.2. The van der Waals surface area contributed by atoms with E-state index in [1.165, 1.54) is 21.7 Å². The normalized spacial score (nSPS) is 12.1. The molecule has 0 saturated heterocycles. The van der Waals surface area contributed by atoms with Crippen LogP contribution in [-0.4, -0.2) is 58.5 Å². The molecule has 0 atom stereocenters. The van der Waals surface area contributed by atoms with Crippen LogP contribution < -0.4 is 0 Å². The lowest BCUT2D eigenvalue weighted by Gasteiger charge is -2.10. The SMILES string of the molecule is COS(=O)(=O)c1cc(-n2ncc(-c3ccccc3)n2)ccc1/C=C/c1ccc(-n2ncc(-c3ccccc3)n2)cc1CS(=O)(=O)O. The average Bonchev–Trinajstić information content (AvgIpc) is 3.76. The van der Waals surface area contributed by atoms with Crippen LogP contribution in [0.5, 0.6) is 0 Å². The van der Waals surface area contributed by atoms with E-state index in [1.807, 2.05) is 60.7 Å². The molecule has 6 aromatic rings. The number of aromatic nitrogens is 6. The summed E-state index contributed by atoms with van der Waals surface area (Å²) in [5.74, 6) is -0.690. The second-order valence-electron chi connectivity index (χ2n) is 10.1. The van der Waals surface area contributed by atoms with Gasteiger partial charge in [-0.2, -0.15) is 36.6 Å².